The van der Waals surface area contributed by atoms with Gasteiger partial charge in [0.05, 0.1) is 30.2 Å². The third-order valence-corrected chi connectivity index (χ3v) is 10.0. The SMILES string of the molecule is C=C(CN1CC2(COC2)C1)C(=O)NCc1cccc([C@@H]2c3c(C)nn(-c4ccccc4)c3N(CC)C(=O)[C@H]2NC(=O)c2cccc(C(F)(F)F)c2)c1. The van der Waals surface area contributed by atoms with Crippen LogP contribution in [0.5, 0.6) is 0 Å². The molecule has 3 aliphatic heterocycles. The molecule has 3 aromatic carbocycles. The van der Waals surface area contributed by atoms with Gasteiger partial charge in [0, 0.05) is 60.8 Å². The highest BCUT2D eigenvalue weighted by molar-refractivity contribution is 6.05. The lowest BCUT2D eigenvalue weighted by Gasteiger charge is -2.55. The van der Waals surface area contributed by atoms with Gasteiger partial charge in [0.15, 0.2) is 0 Å². The Morgan fingerprint density at radius 3 is 2.42 bits per heavy atom. The number of rotatable bonds is 10. The van der Waals surface area contributed by atoms with Crippen molar-refractivity contribution >= 4 is 23.5 Å². The molecule has 0 unspecified atom stereocenters. The number of likely N-dealkylation sites (N-methyl/N-ethyl adjacent to an activating group) is 1. The van der Waals surface area contributed by atoms with E-state index in [0.717, 1.165) is 55.8 Å². The summed E-state index contributed by atoms with van der Waals surface area (Å²) >= 11 is 0. The number of para-hydroxylation sites is 1. The number of anilines is 1. The van der Waals surface area contributed by atoms with Gasteiger partial charge in [0.25, 0.3) is 11.8 Å². The number of carbonyl (C=O) groups excluding carboxylic acids is 3. The standard InChI is InChI=1S/C39H39F3N6O4/c1-4-47-36-31(25(3)45-48(36)30-14-6-5-7-15-30)32(33(37(47)51)44-35(50)28-12-9-13-29(17-28)39(40,41)42)27-11-8-10-26(16-27)18-43-34(49)24(2)19-46-20-38(21-46)22-52-23-38/h5-17,32-33H,2,4,18-23H2,1,3H3,(H,43,49)(H,44,50)/t32-,33+/m1/s1. The number of aromatic nitrogens is 2. The highest BCUT2D eigenvalue weighted by Gasteiger charge is 2.49. The summed E-state index contributed by atoms with van der Waals surface area (Å²) in [5, 5.41) is 10.6. The molecule has 270 valence electrons. The van der Waals surface area contributed by atoms with Crippen molar-refractivity contribution in [1.82, 2.24) is 25.3 Å². The van der Waals surface area contributed by atoms with E-state index in [2.05, 4.69) is 22.1 Å². The Bertz CT molecular complexity index is 2030. The first-order valence-corrected chi connectivity index (χ1v) is 17.2. The predicted molar refractivity (Wildman–Crippen MR) is 188 cm³/mol. The molecule has 0 aliphatic carbocycles. The summed E-state index contributed by atoms with van der Waals surface area (Å²) in [6.07, 6.45) is -4.65. The largest absolute Gasteiger partial charge is 0.416 e. The van der Waals surface area contributed by atoms with Crippen molar-refractivity contribution in [2.75, 3.05) is 44.3 Å². The molecule has 1 aromatic heterocycles. The minimum atomic E-state index is -4.65. The lowest BCUT2D eigenvalue weighted by molar-refractivity contribution is -0.186. The molecule has 4 aromatic rings. The second-order valence-electron chi connectivity index (χ2n) is 13.8. The number of aryl methyl sites for hydroxylation is 1. The second-order valence-corrected chi connectivity index (χ2v) is 13.8. The van der Waals surface area contributed by atoms with Gasteiger partial charge in [0.2, 0.25) is 5.91 Å². The number of alkyl halides is 3. The van der Waals surface area contributed by atoms with E-state index in [0.29, 0.717) is 34.8 Å². The Balaban J connectivity index is 1.20. The number of halogens is 3. The number of nitrogens with zero attached hydrogens (tertiary/aromatic N) is 4. The van der Waals surface area contributed by atoms with Crippen molar-refractivity contribution in [1.29, 1.82) is 0 Å². The first-order chi connectivity index (χ1) is 24.9. The van der Waals surface area contributed by atoms with Crippen molar-refractivity contribution in [3.05, 3.63) is 125 Å². The van der Waals surface area contributed by atoms with Gasteiger partial charge in [-0.25, -0.2) is 4.68 Å². The highest BCUT2D eigenvalue weighted by atomic mass is 19.4. The molecule has 10 nitrogen and oxygen atoms in total. The fourth-order valence-electron chi connectivity index (χ4n) is 7.49. The lowest BCUT2D eigenvalue weighted by atomic mass is 9.78. The Morgan fingerprint density at radius 1 is 1.02 bits per heavy atom. The van der Waals surface area contributed by atoms with Crippen molar-refractivity contribution in [2.24, 2.45) is 5.41 Å². The zero-order valence-electron chi connectivity index (χ0n) is 28.9. The predicted octanol–water partition coefficient (Wildman–Crippen LogP) is 5.00. The van der Waals surface area contributed by atoms with E-state index < -0.39 is 35.5 Å². The van der Waals surface area contributed by atoms with Gasteiger partial charge in [-0.05, 0) is 55.3 Å². The minimum absolute atomic E-state index is 0.182. The number of carbonyl (C=O) groups is 3. The minimum Gasteiger partial charge on any atom is -0.380 e. The molecule has 13 heteroatoms. The fourth-order valence-corrected chi connectivity index (χ4v) is 7.49. The van der Waals surface area contributed by atoms with Crippen LogP contribution in [0.3, 0.4) is 0 Å². The normalized spacial score (nSPS) is 19.4. The third kappa shape index (κ3) is 6.61. The summed E-state index contributed by atoms with van der Waals surface area (Å²) in [5.41, 5.74) is 2.94. The van der Waals surface area contributed by atoms with Gasteiger partial charge in [-0.1, -0.05) is 55.1 Å². The summed E-state index contributed by atoms with van der Waals surface area (Å²) in [6, 6.07) is 19.6. The average molecular weight is 713 g/mol. The number of benzene rings is 3. The van der Waals surface area contributed by atoms with E-state index in [1.54, 1.807) is 9.58 Å². The van der Waals surface area contributed by atoms with Gasteiger partial charge < -0.3 is 15.4 Å². The Kier molecular flexibility index (Phi) is 9.26. The van der Waals surface area contributed by atoms with E-state index in [1.807, 2.05) is 68.4 Å². The van der Waals surface area contributed by atoms with Crippen LogP contribution >= 0.6 is 0 Å². The van der Waals surface area contributed by atoms with Crippen LogP contribution in [0, 0.1) is 12.3 Å². The molecule has 3 aliphatic rings. The highest BCUT2D eigenvalue weighted by Crippen LogP contribution is 2.44. The molecule has 7 rings (SSSR count). The number of ether oxygens (including phenoxy) is 1. The summed E-state index contributed by atoms with van der Waals surface area (Å²) in [6.45, 7) is 11.8. The zero-order chi connectivity index (χ0) is 36.8. The molecule has 2 fully saturated rings. The van der Waals surface area contributed by atoms with Crippen LogP contribution in [0.15, 0.2) is 91.0 Å². The maximum absolute atomic E-state index is 14.5. The van der Waals surface area contributed by atoms with Gasteiger partial charge in [0.1, 0.15) is 11.9 Å². The van der Waals surface area contributed by atoms with E-state index in [4.69, 9.17) is 9.84 Å². The quantitative estimate of drug-likeness (QED) is 0.224. The molecule has 1 spiro atoms. The van der Waals surface area contributed by atoms with E-state index in [9.17, 15) is 27.6 Å². The number of fused-ring (bicyclic) bond motifs is 1. The van der Waals surface area contributed by atoms with Crippen LogP contribution in [0.2, 0.25) is 0 Å². The molecule has 2 saturated heterocycles. The van der Waals surface area contributed by atoms with E-state index >= 15 is 0 Å². The number of amides is 3. The van der Waals surface area contributed by atoms with E-state index in [-0.39, 0.29) is 30.0 Å². The maximum atomic E-state index is 14.5. The van der Waals surface area contributed by atoms with Gasteiger partial charge in [-0.3, -0.25) is 24.2 Å². The smallest absolute Gasteiger partial charge is 0.380 e. The molecule has 0 radical (unpaired) electrons. The molecule has 0 saturated carbocycles. The summed E-state index contributed by atoms with van der Waals surface area (Å²) < 4.78 is 47.7. The van der Waals surface area contributed by atoms with E-state index in [1.165, 1.54) is 6.07 Å². The second kappa shape index (κ2) is 13.7. The van der Waals surface area contributed by atoms with Crippen molar-refractivity contribution in [3.63, 3.8) is 0 Å². The Hall–Kier alpha value is -5.27. The van der Waals surface area contributed by atoms with Gasteiger partial charge in [-0.2, -0.15) is 18.3 Å². The molecule has 0 bridgehead atoms. The first-order valence-electron chi connectivity index (χ1n) is 17.2. The number of nitrogens with one attached hydrogen (secondary N) is 2. The molecular weight excluding hydrogens is 673 g/mol. The van der Waals surface area contributed by atoms with Crippen LogP contribution in [-0.2, 0) is 27.0 Å². The topological polar surface area (TPSA) is 109 Å². The van der Waals surface area contributed by atoms with Gasteiger partial charge in [-0.15, -0.1) is 0 Å². The zero-order valence-corrected chi connectivity index (χ0v) is 28.9. The number of hydrogen-bond donors (Lipinski definition) is 2. The Morgan fingerprint density at radius 2 is 1.75 bits per heavy atom. The maximum Gasteiger partial charge on any atom is 0.416 e. The number of hydrogen-bond acceptors (Lipinski definition) is 6. The summed E-state index contributed by atoms with van der Waals surface area (Å²) in [7, 11) is 0. The van der Waals surface area contributed by atoms with Crippen LogP contribution < -0.4 is 15.5 Å². The van der Waals surface area contributed by atoms with Crippen molar-refractivity contribution in [2.45, 2.75) is 38.5 Å². The molecule has 2 atom stereocenters. The molecule has 4 heterocycles. The van der Waals surface area contributed by atoms with Crippen LogP contribution in [0.25, 0.3) is 5.69 Å². The molecule has 3 amide bonds. The number of likely N-dealkylation sites (tertiary alicyclic amines) is 1. The van der Waals surface area contributed by atoms with Crippen LogP contribution in [0.1, 0.15) is 51.1 Å². The van der Waals surface area contributed by atoms with Crippen molar-refractivity contribution in [3.8, 4) is 5.69 Å². The third-order valence-electron chi connectivity index (χ3n) is 10.0. The monoisotopic (exact) mass is 712 g/mol. The summed E-state index contributed by atoms with van der Waals surface area (Å²) in [5.74, 6) is -1.74. The molecule has 2 N–H and O–H groups in total. The first kappa shape index (κ1) is 35.1. The molecule has 52 heavy (non-hydrogen) atoms. The summed E-state index contributed by atoms with van der Waals surface area (Å²) in [4.78, 5) is 44.9. The van der Waals surface area contributed by atoms with Crippen LogP contribution in [-0.4, -0.2) is 77.8 Å². The van der Waals surface area contributed by atoms with Crippen LogP contribution in [0.4, 0.5) is 19.0 Å². The Labute approximate surface area is 299 Å². The van der Waals surface area contributed by atoms with Crippen molar-refractivity contribution < 1.29 is 32.3 Å². The lowest BCUT2D eigenvalue weighted by Crippen LogP contribution is -2.66. The fraction of sp³-hybridized carbons (Fsp3) is 0.333. The molecular formula is C39H39F3N6O4. The average Bonchev–Trinajstić information content (AvgIpc) is 3.44. The van der Waals surface area contributed by atoms with Gasteiger partial charge >= 0.3 is 6.18 Å².